The van der Waals surface area contributed by atoms with Crippen LogP contribution < -0.4 is 0 Å². The van der Waals surface area contributed by atoms with Gasteiger partial charge in [-0.05, 0) is 10.6 Å². The van der Waals surface area contributed by atoms with Crippen molar-refractivity contribution in [2.24, 2.45) is 5.11 Å². The molecule has 0 aliphatic carbocycles. The Bertz CT molecular complexity index is 786. The highest BCUT2D eigenvalue weighted by Crippen LogP contribution is 2.26. The van der Waals surface area contributed by atoms with Gasteiger partial charge in [0.15, 0.2) is 12.6 Å². The molecule has 0 bridgehead atoms. The maximum Gasteiger partial charge on any atom is 0.250 e. The van der Waals surface area contributed by atoms with Crippen LogP contribution in [0.15, 0.2) is 5.11 Å². The molecule has 0 aromatic rings. The molecule has 2 aliphatic heterocycles. The second-order valence-corrected chi connectivity index (χ2v) is 8.40. The van der Waals surface area contributed by atoms with Gasteiger partial charge in [-0.1, -0.05) is 0 Å². The Kier molecular flexibility index (Phi) is 11.9. The van der Waals surface area contributed by atoms with E-state index in [4.69, 9.17) is 24.5 Å². The minimum atomic E-state index is -2.38. The summed E-state index contributed by atoms with van der Waals surface area (Å²) in [5.74, 6) is -1.53. The van der Waals surface area contributed by atoms with E-state index in [9.17, 15) is 61.0 Å². The fraction of sp³-hybridized carbons (Fsp3) is 0.944. The number of azide groups is 1. The molecule has 0 aromatic heterocycles. The van der Waals surface area contributed by atoms with E-state index in [0.29, 0.717) is 0 Å². The first kappa shape index (κ1) is 31.6. The number of hydrogen-bond acceptors (Lipinski definition) is 16. The summed E-state index contributed by atoms with van der Waals surface area (Å²) < 4.78 is 20.8. The van der Waals surface area contributed by atoms with Crippen molar-refractivity contribution in [3.63, 3.8) is 0 Å². The maximum absolute atomic E-state index is 11.3. The Morgan fingerprint density at radius 2 is 1.32 bits per heavy atom. The van der Waals surface area contributed by atoms with Gasteiger partial charge in [-0.2, -0.15) is 0 Å². The number of ether oxygens (including phenoxy) is 4. The van der Waals surface area contributed by atoms with Gasteiger partial charge in [-0.25, -0.2) is 0 Å². The Hall–Kier alpha value is -1.62. The van der Waals surface area contributed by atoms with Crippen molar-refractivity contribution in [1.82, 2.24) is 0 Å². The van der Waals surface area contributed by atoms with Crippen LogP contribution in [0.3, 0.4) is 0 Å². The van der Waals surface area contributed by atoms with Crippen LogP contribution in [0.5, 0.6) is 0 Å². The molecule has 19 heteroatoms. The monoisotopic (exact) mass is 545 g/mol. The smallest absolute Gasteiger partial charge is 0.250 e. The Balaban J connectivity index is 1.96. The quantitative estimate of drug-likeness (QED) is 0.0652. The van der Waals surface area contributed by atoms with Crippen LogP contribution in [0.2, 0.25) is 0 Å². The van der Waals surface area contributed by atoms with E-state index < -0.39 is 112 Å². The molecule has 37 heavy (non-hydrogen) atoms. The molecule has 2 rings (SSSR count). The van der Waals surface area contributed by atoms with Crippen molar-refractivity contribution in [3.8, 4) is 0 Å². The first-order valence-electron chi connectivity index (χ1n) is 10.9. The zero-order valence-corrected chi connectivity index (χ0v) is 19.0. The van der Waals surface area contributed by atoms with Gasteiger partial charge in [-0.15, -0.1) is 0 Å². The van der Waals surface area contributed by atoms with E-state index in [1.54, 1.807) is 0 Å². The third-order valence-corrected chi connectivity index (χ3v) is 5.84. The summed E-state index contributed by atoms with van der Waals surface area (Å²) in [5.41, 5.74) is 8.18. The highest BCUT2D eigenvalue weighted by atomic mass is 16.7. The molecule has 0 saturated carbocycles. The zero-order chi connectivity index (χ0) is 28.0. The van der Waals surface area contributed by atoms with Crippen molar-refractivity contribution >= 4 is 5.91 Å². The van der Waals surface area contributed by atoms with Crippen LogP contribution in [0, 0.1) is 0 Å². The van der Waals surface area contributed by atoms with Crippen LogP contribution in [0.1, 0.15) is 0 Å². The molecule has 11 N–H and O–H groups in total. The van der Waals surface area contributed by atoms with Crippen molar-refractivity contribution < 1.29 is 79.9 Å². The summed E-state index contributed by atoms with van der Waals surface area (Å²) in [6.07, 6.45) is -25.8. The summed E-state index contributed by atoms with van der Waals surface area (Å²) >= 11 is 0. The fourth-order valence-corrected chi connectivity index (χ4v) is 3.54. The second-order valence-electron chi connectivity index (χ2n) is 8.40. The highest BCUT2D eigenvalue weighted by Gasteiger charge is 2.47. The molecule has 19 nitrogen and oxygen atoms in total. The lowest BCUT2D eigenvalue weighted by Gasteiger charge is -2.42. The lowest BCUT2D eigenvalue weighted by Crippen LogP contribution is -2.62. The van der Waals surface area contributed by atoms with Gasteiger partial charge < -0.3 is 75.1 Å². The van der Waals surface area contributed by atoms with Gasteiger partial charge in [0.2, 0.25) is 5.91 Å². The zero-order valence-electron chi connectivity index (χ0n) is 19.0. The van der Waals surface area contributed by atoms with Gasteiger partial charge in [0.1, 0.15) is 73.2 Å². The molecular formula is C18H31N3O16. The standard InChI is InChI=1S/C18H31N3O16/c19-21-20-16(33)13(30)10(27)7(24)4(23)2-34-17-15(32)12(29)9(26)6(37-17)3-35-18-14(31)11(28)8(25)5(1-22)36-18/h4-15,17-18,22-32H,1-3H2/t4-,5-,6-,7-,8-,9-,10+,11+,12+,13-,14-,15-,17+,18+/m1/s1. The molecule has 214 valence electrons. The second kappa shape index (κ2) is 14.0. The average Bonchev–Trinajstić information content (AvgIpc) is 2.88. The third-order valence-electron chi connectivity index (χ3n) is 5.84. The molecule has 0 unspecified atom stereocenters. The van der Waals surface area contributed by atoms with E-state index in [0.717, 1.165) is 0 Å². The minimum absolute atomic E-state index is 0.648. The molecule has 0 spiro atoms. The summed E-state index contributed by atoms with van der Waals surface area (Å²) in [4.78, 5) is 13.4. The van der Waals surface area contributed by atoms with Gasteiger partial charge in [0, 0.05) is 4.91 Å². The van der Waals surface area contributed by atoms with E-state index in [1.807, 2.05) is 0 Å². The largest absolute Gasteiger partial charge is 0.394 e. The summed E-state index contributed by atoms with van der Waals surface area (Å²) in [6, 6.07) is 0. The van der Waals surface area contributed by atoms with Crippen LogP contribution in [0.25, 0.3) is 10.4 Å². The number of nitrogens with zero attached hydrogens (tertiary/aromatic N) is 3. The number of carbonyl (C=O) groups is 1. The topological polar surface area (TPSA) is 325 Å². The molecule has 2 heterocycles. The van der Waals surface area contributed by atoms with Crippen LogP contribution in [0.4, 0.5) is 0 Å². The van der Waals surface area contributed by atoms with Gasteiger partial charge in [-0.3, -0.25) is 4.79 Å². The summed E-state index contributed by atoms with van der Waals surface area (Å²) in [7, 11) is 0. The molecule has 2 saturated heterocycles. The number of aliphatic hydroxyl groups excluding tert-OH is 11. The maximum atomic E-state index is 11.3. The lowest BCUT2D eigenvalue weighted by atomic mass is 9.98. The summed E-state index contributed by atoms with van der Waals surface area (Å²) in [5, 5.41) is 111. The highest BCUT2D eigenvalue weighted by molar-refractivity contribution is 5.81. The van der Waals surface area contributed by atoms with E-state index >= 15 is 0 Å². The van der Waals surface area contributed by atoms with Crippen LogP contribution in [-0.4, -0.2) is 168 Å². The van der Waals surface area contributed by atoms with Gasteiger partial charge in [0.25, 0.3) is 0 Å². The molecule has 1 amide bonds. The molecule has 0 radical (unpaired) electrons. The number of aliphatic hydroxyl groups is 11. The van der Waals surface area contributed by atoms with Crippen LogP contribution in [-0.2, 0) is 23.7 Å². The first-order chi connectivity index (χ1) is 17.3. The van der Waals surface area contributed by atoms with Crippen molar-refractivity contribution in [2.45, 2.75) is 85.8 Å². The van der Waals surface area contributed by atoms with E-state index in [-0.39, 0.29) is 0 Å². The molecule has 2 aliphatic rings. The van der Waals surface area contributed by atoms with Crippen molar-refractivity contribution in [1.29, 1.82) is 0 Å². The van der Waals surface area contributed by atoms with E-state index in [2.05, 4.69) is 10.0 Å². The van der Waals surface area contributed by atoms with Crippen molar-refractivity contribution in [3.05, 3.63) is 10.4 Å². The fourth-order valence-electron chi connectivity index (χ4n) is 3.54. The summed E-state index contributed by atoms with van der Waals surface area (Å²) in [6.45, 7) is -2.29. The minimum Gasteiger partial charge on any atom is -0.394 e. The average molecular weight is 545 g/mol. The Morgan fingerprint density at radius 1 is 0.811 bits per heavy atom. The predicted octanol–water partition coefficient (Wildman–Crippen LogP) is -7.09. The predicted molar refractivity (Wildman–Crippen MR) is 111 cm³/mol. The number of hydrogen-bond donors (Lipinski definition) is 11. The number of amides is 1. The third kappa shape index (κ3) is 7.49. The molecular weight excluding hydrogens is 514 g/mol. The molecule has 2 fully saturated rings. The first-order valence-corrected chi connectivity index (χ1v) is 10.9. The lowest BCUT2D eigenvalue weighted by molar-refractivity contribution is -0.333. The Morgan fingerprint density at radius 3 is 1.86 bits per heavy atom. The Labute approximate surface area is 207 Å². The van der Waals surface area contributed by atoms with E-state index in [1.165, 1.54) is 0 Å². The van der Waals surface area contributed by atoms with Gasteiger partial charge in [0.05, 0.1) is 19.8 Å². The number of carbonyl (C=O) groups excluding carboxylic acids is 1. The van der Waals surface area contributed by atoms with Crippen LogP contribution >= 0.6 is 0 Å². The van der Waals surface area contributed by atoms with Gasteiger partial charge >= 0.3 is 0 Å². The SMILES string of the molecule is [N-]=[N+]=NC(=O)[C@H](O)[C@@H](O)[C@H](O)[C@H](O)CO[C@H]1O[C@H](CO[C@H]2O[C@H](CO)[C@@H](O)[C@H](O)[C@H]2O)[C@@H](O)[C@H](O)[C@H]1O. The molecule has 14 atom stereocenters. The molecule has 0 aromatic carbocycles. The normalized spacial score (nSPS) is 39.8. The van der Waals surface area contributed by atoms with Crippen molar-refractivity contribution in [2.75, 3.05) is 19.8 Å². The number of rotatable bonds is 11.